The number of anilines is 1. The van der Waals surface area contributed by atoms with Crippen molar-refractivity contribution in [2.45, 2.75) is 18.9 Å². The van der Waals surface area contributed by atoms with Crippen molar-refractivity contribution in [1.29, 1.82) is 5.41 Å². The van der Waals surface area contributed by atoms with Gasteiger partial charge < -0.3 is 16.0 Å². The minimum absolute atomic E-state index is 0.172. The zero-order valence-electron chi connectivity index (χ0n) is 17.5. The van der Waals surface area contributed by atoms with Crippen molar-refractivity contribution >= 4 is 23.8 Å². The Hall–Kier alpha value is -4.13. The average Bonchev–Trinajstić information content (AvgIpc) is 2.74. The molecule has 10 heteroatoms. The molecule has 2 aromatic rings. The van der Waals surface area contributed by atoms with E-state index in [4.69, 9.17) is 11.1 Å². The molecule has 170 valence electrons. The summed E-state index contributed by atoms with van der Waals surface area (Å²) in [5.41, 5.74) is 3.14. The molecule has 1 fully saturated rings. The maximum atomic E-state index is 14.8. The van der Waals surface area contributed by atoms with Gasteiger partial charge in [-0.05, 0) is 31.2 Å². The average molecular weight is 458 g/mol. The van der Waals surface area contributed by atoms with E-state index in [1.165, 1.54) is 14.0 Å². The zero-order valence-corrected chi connectivity index (χ0v) is 17.5. The molecular weight excluding hydrogens is 440 g/mol. The number of nitrogens with one attached hydrogen (secondary N) is 1. The molecule has 3 N–H and O–H groups in total. The van der Waals surface area contributed by atoms with E-state index in [2.05, 4.69) is 11.8 Å². The number of hydrogen-bond acceptors (Lipinski definition) is 4. The predicted molar refractivity (Wildman–Crippen MR) is 113 cm³/mol. The third-order valence-corrected chi connectivity index (χ3v) is 5.43. The lowest BCUT2D eigenvalue weighted by Gasteiger charge is -2.45. The van der Waals surface area contributed by atoms with Gasteiger partial charge in [-0.3, -0.25) is 4.79 Å². The number of imide groups is 1. The summed E-state index contributed by atoms with van der Waals surface area (Å²) in [5.74, 6) is -0.388. The Labute approximate surface area is 186 Å². The molecular formula is C23H18F4N4O2. The zero-order chi connectivity index (χ0) is 24.5. The second-order valence-electron chi connectivity index (χ2n) is 7.45. The summed E-state index contributed by atoms with van der Waals surface area (Å²) in [6, 6.07) is 3.26. The van der Waals surface area contributed by atoms with Crippen LogP contribution in [0.5, 0.6) is 0 Å². The number of urea groups is 1. The van der Waals surface area contributed by atoms with Gasteiger partial charge in [0.25, 0.3) is 0 Å². The fourth-order valence-electron chi connectivity index (χ4n) is 3.44. The van der Waals surface area contributed by atoms with Crippen LogP contribution in [0.25, 0.3) is 0 Å². The van der Waals surface area contributed by atoms with Crippen LogP contribution in [0.4, 0.5) is 28.0 Å². The summed E-state index contributed by atoms with van der Waals surface area (Å²) in [5, 5.41) is 7.46. The van der Waals surface area contributed by atoms with Crippen molar-refractivity contribution in [3.05, 3.63) is 76.5 Å². The lowest BCUT2D eigenvalue weighted by Crippen LogP contribution is -2.62. The molecule has 1 aliphatic rings. The van der Waals surface area contributed by atoms with Gasteiger partial charge >= 0.3 is 6.03 Å². The number of hydrogen-bond donors (Lipinski definition) is 2. The lowest BCUT2D eigenvalue weighted by atomic mass is 9.85. The van der Waals surface area contributed by atoms with E-state index in [0.717, 1.165) is 41.6 Å². The molecule has 33 heavy (non-hydrogen) atoms. The van der Waals surface area contributed by atoms with Crippen LogP contribution in [-0.2, 0) is 4.79 Å². The highest BCUT2D eigenvalue weighted by Gasteiger charge is 2.48. The van der Waals surface area contributed by atoms with Gasteiger partial charge in [-0.1, -0.05) is 11.8 Å². The van der Waals surface area contributed by atoms with Gasteiger partial charge in [-0.25, -0.2) is 27.3 Å². The summed E-state index contributed by atoms with van der Waals surface area (Å²) in [4.78, 5) is 27.1. The highest BCUT2D eigenvalue weighted by atomic mass is 19.1. The van der Waals surface area contributed by atoms with E-state index in [-0.39, 0.29) is 23.1 Å². The fourth-order valence-corrected chi connectivity index (χ4v) is 3.44. The van der Waals surface area contributed by atoms with Crippen LogP contribution in [0.3, 0.4) is 0 Å². The maximum Gasteiger partial charge on any atom is 0.332 e. The molecule has 0 radical (unpaired) electrons. The Balaban J connectivity index is 1.98. The Morgan fingerprint density at radius 1 is 1.09 bits per heavy atom. The van der Waals surface area contributed by atoms with Crippen molar-refractivity contribution in [3.63, 3.8) is 0 Å². The molecule has 1 aliphatic heterocycles. The first-order valence-corrected chi connectivity index (χ1v) is 9.53. The number of likely N-dealkylation sites (N-methyl/N-ethyl adjacent to an activating group) is 1. The molecule has 1 heterocycles. The smallest absolute Gasteiger partial charge is 0.332 e. The van der Waals surface area contributed by atoms with Crippen LogP contribution in [0, 0.1) is 40.5 Å². The van der Waals surface area contributed by atoms with Crippen molar-refractivity contribution in [2.24, 2.45) is 5.73 Å². The molecule has 0 unspecified atom stereocenters. The van der Waals surface area contributed by atoms with Crippen molar-refractivity contribution in [3.8, 4) is 11.8 Å². The number of halogens is 4. The highest BCUT2D eigenvalue weighted by molar-refractivity contribution is 6.17. The first kappa shape index (κ1) is 23.5. The fraction of sp³-hybridized carbons (Fsp3) is 0.174. The number of rotatable bonds is 3. The van der Waals surface area contributed by atoms with Crippen LogP contribution in [0.2, 0.25) is 0 Å². The predicted octanol–water partition coefficient (Wildman–Crippen LogP) is 3.68. The van der Waals surface area contributed by atoms with Gasteiger partial charge in [0.15, 0.2) is 11.6 Å². The molecule has 1 atom stereocenters. The van der Waals surface area contributed by atoms with Gasteiger partial charge in [0, 0.05) is 36.7 Å². The number of benzene rings is 2. The molecule has 0 saturated carbocycles. The summed E-state index contributed by atoms with van der Waals surface area (Å²) in [6.45, 7) is 1.50. The lowest BCUT2D eigenvalue weighted by molar-refractivity contribution is -0.121. The van der Waals surface area contributed by atoms with E-state index >= 15 is 0 Å². The Bertz CT molecular complexity index is 1240. The third kappa shape index (κ3) is 4.17. The van der Waals surface area contributed by atoms with Gasteiger partial charge in [0.2, 0.25) is 5.91 Å². The van der Waals surface area contributed by atoms with E-state index in [0.29, 0.717) is 11.0 Å². The first-order chi connectivity index (χ1) is 15.5. The second kappa shape index (κ2) is 8.78. The number of amides is 3. The summed E-state index contributed by atoms with van der Waals surface area (Å²) >= 11 is 0. The molecule has 0 aromatic heterocycles. The third-order valence-electron chi connectivity index (χ3n) is 5.43. The number of carbonyl (C=O) groups excluding carboxylic acids is 2. The molecule has 3 amide bonds. The normalized spacial score (nSPS) is 18.8. The SMILES string of the molecule is CN1C(=O)N(c2c(F)cc(C#Cc3ccc(F)cc3F)cc2F)C(=O)C[C@@]1(C)/C(C=N)=C/N. The van der Waals surface area contributed by atoms with E-state index < -0.39 is 46.4 Å². The van der Waals surface area contributed by atoms with Gasteiger partial charge in [-0.15, -0.1) is 0 Å². The maximum absolute atomic E-state index is 14.8. The standard InChI is InChI=1S/C23H18F4N4O2/c1-23(15(11-28)12-29)10-20(32)31(22(33)30(23)2)21-18(26)7-13(8-19(21)27)3-4-14-5-6-16(24)9-17(14)25/h5-9,11-12,28H,10,29H2,1-2H3/b15-12+,28-11?/t23-/m0/s1. The van der Waals surface area contributed by atoms with Crippen LogP contribution in [-0.4, -0.2) is 35.6 Å². The van der Waals surface area contributed by atoms with Crippen molar-refractivity contribution in [2.75, 3.05) is 11.9 Å². The quantitative estimate of drug-likeness (QED) is 0.418. The molecule has 3 rings (SSSR count). The van der Waals surface area contributed by atoms with Crippen LogP contribution < -0.4 is 10.6 Å². The molecule has 0 spiro atoms. The summed E-state index contributed by atoms with van der Waals surface area (Å²) < 4.78 is 56.4. The Morgan fingerprint density at radius 3 is 2.27 bits per heavy atom. The minimum Gasteiger partial charge on any atom is -0.404 e. The van der Waals surface area contributed by atoms with E-state index in [1.54, 1.807) is 0 Å². The van der Waals surface area contributed by atoms with Gasteiger partial charge in [-0.2, -0.15) is 0 Å². The van der Waals surface area contributed by atoms with Crippen LogP contribution in [0.1, 0.15) is 24.5 Å². The molecule has 0 bridgehead atoms. The second-order valence-corrected chi connectivity index (χ2v) is 7.45. The molecule has 0 aliphatic carbocycles. The number of nitrogens with two attached hydrogens (primary N) is 1. The number of nitrogens with zero attached hydrogens (tertiary/aromatic N) is 2. The van der Waals surface area contributed by atoms with E-state index in [1.807, 2.05) is 0 Å². The summed E-state index contributed by atoms with van der Waals surface area (Å²) in [6.07, 6.45) is 1.60. The van der Waals surface area contributed by atoms with Gasteiger partial charge in [0.1, 0.15) is 17.3 Å². The van der Waals surface area contributed by atoms with Crippen molar-refractivity contribution < 1.29 is 27.2 Å². The molecule has 1 saturated heterocycles. The molecule has 2 aromatic carbocycles. The van der Waals surface area contributed by atoms with E-state index in [9.17, 15) is 27.2 Å². The molecule has 6 nitrogen and oxygen atoms in total. The van der Waals surface area contributed by atoms with Crippen molar-refractivity contribution in [1.82, 2.24) is 4.90 Å². The number of carbonyl (C=O) groups is 2. The highest BCUT2D eigenvalue weighted by Crippen LogP contribution is 2.36. The first-order valence-electron chi connectivity index (χ1n) is 9.53. The van der Waals surface area contributed by atoms with Gasteiger partial charge in [0.05, 0.1) is 17.5 Å². The topological polar surface area (TPSA) is 90.5 Å². The minimum atomic E-state index is -1.28. The van der Waals surface area contributed by atoms with Crippen LogP contribution >= 0.6 is 0 Å². The monoisotopic (exact) mass is 458 g/mol. The Morgan fingerprint density at radius 2 is 1.73 bits per heavy atom. The largest absolute Gasteiger partial charge is 0.404 e. The van der Waals surface area contributed by atoms with Crippen LogP contribution in [0.15, 0.2) is 42.1 Å². The summed E-state index contributed by atoms with van der Waals surface area (Å²) in [7, 11) is 1.32. The Kier molecular flexibility index (Phi) is 6.26.